The van der Waals surface area contributed by atoms with E-state index >= 15 is 0 Å². The minimum atomic E-state index is -3.83. The van der Waals surface area contributed by atoms with Crippen LogP contribution in [-0.2, 0) is 10.0 Å². The number of nitrogens with one attached hydrogen (secondary N) is 2. The van der Waals surface area contributed by atoms with E-state index in [2.05, 4.69) is 19.8 Å². The fourth-order valence-electron chi connectivity index (χ4n) is 3.53. The van der Waals surface area contributed by atoms with Crippen LogP contribution in [0.4, 0.5) is 14.5 Å². The lowest BCUT2D eigenvalue weighted by molar-refractivity contribution is 0.0943. The molecule has 0 spiro atoms. The smallest absolute Gasteiger partial charge is 0.254 e. The van der Waals surface area contributed by atoms with Crippen LogP contribution in [0.5, 0.6) is 0 Å². The zero-order valence-electron chi connectivity index (χ0n) is 18.1. The Morgan fingerprint density at radius 1 is 1.03 bits per heavy atom. The van der Waals surface area contributed by atoms with Gasteiger partial charge in [-0.25, -0.2) is 21.9 Å². The third-order valence-electron chi connectivity index (χ3n) is 5.16. The minimum Gasteiger partial charge on any atom is -0.369 e. The summed E-state index contributed by atoms with van der Waals surface area (Å²) in [6.07, 6.45) is 0. The molecule has 10 heteroatoms. The summed E-state index contributed by atoms with van der Waals surface area (Å²) < 4.78 is 54.3. The van der Waals surface area contributed by atoms with Gasteiger partial charge in [0.15, 0.2) is 0 Å². The number of carbonyl (C=O) groups is 1. The van der Waals surface area contributed by atoms with Crippen molar-refractivity contribution in [3.05, 3.63) is 59.7 Å². The highest BCUT2D eigenvalue weighted by atomic mass is 32.2. The van der Waals surface area contributed by atoms with E-state index in [1.165, 1.54) is 12.1 Å². The first-order valence-corrected chi connectivity index (χ1v) is 12.0. The number of halogens is 2. The molecule has 0 aromatic heterocycles. The van der Waals surface area contributed by atoms with Gasteiger partial charge in [-0.2, -0.15) is 0 Å². The summed E-state index contributed by atoms with van der Waals surface area (Å²) in [5.41, 5.74) is 0.661. The average molecular weight is 467 g/mol. The molecule has 1 saturated heterocycles. The summed E-state index contributed by atoms with van der Waals surface area (Å²) in [6, 6.07) is 9.23. The number of sulfonamides is 1. The Labute approximate surface area is 187 Å². The Bertz CT molecular complexity index is 1040. The van der Waals surface area contributed by atoms with Crippen LogP contribution in [0, 0.1) is 11.6 Å². The van der Waals surface area contributed by atoms with Crippen molar-refractivity contribution in [3.63, 3.8) is 0 Å². The zero-order valence-corrected chi connectivity index (χ0v) is 19.0. The van der Waals surface area contributed by atoms with E-state index in [9.17, 15) is 22.0 Å². The maximum absolute atomic E-state index is 14.2. The molecular weight excluding hydrogens is 438 g/mol. The molecule has 2 aromatic rings. The lowest BCUT2D eigenvalue weighted by atomic mass is 10.2. The molecule has 2 N–H and O–H groups in total. The molecule has 0 bridgehead atoms. The van der Waals surface area contributed by atoms with Gasteiger partial charge in [-0.3, -0.25) is 9.69 Å². The Morgan fingerprint density at radius 3 is 2.31 bits per heavy atom. The van der Waals surface area contributed by atoms with Crippen LogP contribution in [0.25, 0.3) is 0 Å². The minimum absolute atomic E-state index is 0.158. The van der Waals surface area contributed by atoms with E-state index in [-0.39, 0.29) is 22.3 Å². The van der Waals surface area contributed by atoms with Crippen molar-refractivity contribution in [2.24, 2.45) is 0 Å². The van der Waals surface area contributed by atoms with Gasteiger partial charge in [0, 0.05) is 51.0 Å². The second-order valence-corrected chi connectivity index (χ2v) is 9.69. The van der Waals surface area contributed by atoms with Gasteiger partial charge in [-0.05, 0) is 56.3 Å². The molecule has 0 unspecified atom stereocenters. The molecule has 0 aliphatic carbocycles. The number of nitrogens with zero attached hydrogens (tertiary/aromatic N) is 2. The van der Waals surface area contributed by atoms with Crippen molar-refractivity contribution in [1.82, 2.24) is 14.9 Å². The number of anilines is 1. The van der Waals surface area contributed by atoms with Crippen molar-refractivity contribution in [1.29, 1.82) is 0 Å². The van der Waals surface area contributed by atoms with Crippen molar-refractivity contribution in [3.8, 4) is 0 Å². The van der Waals surface area contributed by atoms with Gasteiger partial charge in [-0.1, -0.05) is 0 Å². The summed E-state index contributed by atoms with van der Waals surface area (Å²) in [4.78, 5) is 16.6. The summed E-state index contributed by atoms with van der Waals surface area (Å²) in [6.45, 7) is 7.33. The Hall–Kier alpha value is -2.56. The number of amides is 1. The predicted molar refractivity (Wildman–Crippen MR) is 119 cm³/mol. The standard InChI is InChI=1S/C22H28F2N4O3S/c1-16(2)26-32(30,31)19-7-8-21(24)20(15-19)22(29)25-9-10-27-11-13-28(14-12-27)18-5-3-17(23)4-6-18/h3-8,15-16,26H,9-14H2,1-2H3,(H,25,29). The topological polar surface area (TPSA) is 81.7 Å². The monoisotopic (exact) mass is 466 g/mol. The first-order valence-electron chi connectivity index (χ1n) is 10.5. The third kappa shape index (κ3) is 6.24. The van der Waals surface area contributed by atoms with Crippen LogP contribution in [0.2, 0.25) is 0 Å². The summed E-state index contributed by atoms with van der Waals surface area (Å²) in [5, 5.41) is 2.66. The normalized spacial score (nSPS) is 15.2. The van der Waals surface area contributed by atoms with Crippen LogP contribution >= 0.6 is 0 Å². The van der Waals surface area contributed by atoms with Gasteiger partial charge < -0.3 is 10.2 Å². The summed E-state index contributed by atoms with van der Waals surface area (Å²) in [7, 11) is -3.83. The van der Waals surface area contributed by atoms with Crippen LogP contribution in [0.1, 0.15) is 24.2 Å². The SMILES string of the molecule is CC(C)NS(=O)(=O)c1ccc(F)c(C(=O)NCCN2CCN(c3ccc(F)cc3)CC2)c1. The number of carbonyl (C=O) groups excluding carboxylic acids is 1. The van der Waals surface area contributed by atoms with E-state index in [1.54, 1.807) is 26.0 Å². The molecule has 1 aliphatic heterocycles. The first-order chi connectivity index (χ1) is 15.2. The van der Waals surface area contributed by atoms with E-state index in [1.807, 2.05) is 0 Å². The van der Waals surface area contributed by atoms with Gasteiger partial charge in [-0.15, -0.1) is 0 Å². The lowest BCUT2D eigenvalue weighted by Gasteiger charge is -2.36. The molecule has 1 heterocycles. The highest BCUT2D eigenvalue weighted by Gasteiger charge is 2.21. The van der Waals surface area contributed by atoms with Crippen molar-refractivity contribution in [2.75, 3.05) is 44.2 Å². The number of benzene rings is 2. The van der Waals surface area contributed by atoms with Crippen LogP contribution < -0.4 is 14.9 Å². The second-order valence-electron chi connectivity index (χ2n) is 7.98. The van der Waals surface area contributed by atoms with Crippen molar-refractivity contribution in [2.45, 2.75) is 24.8 Å². The number of piperazine rings is 1. The lowest BCUT2D eigenvalue weighted by Crippen LogP contribution is -2.48. The molecule has 0 atom stereocenters. The fourth-order valence-corrected chi connectivity index (χ4v) is 4.81. The molecule has 0 saturated carbocycles. The molecular formula is C22H28F2N4O3S. The molecule has 1 aliphatic rings. The fraction of sp³-hybridized carbons (Fsp3) is 0.409. The highest BCUT2D eigenvalue weighted by molar-refractivity contribution is 7.89. The number of hydrogen-bond acceptors (Lipinski definition) is 5. The quantitative estimate of drug-likeness (QED) is 0.624. The van der Waals surface area contributed by atoms with E-state index in [4.69, 9.17) is 0 Å². The molecule has 7 nitrogen and oxygen atoms in total. The third-order valence-corrected chi connectivity index (χ3v) is 6.82. The molecule has 0 radical (unpaired) electrons. The van der Waals surface area contributed by atoms with Gasteiger partial charge in [0.1, 0.15) is 11.6 Å². The molecule has 174 valence electrons. The van der Waals surface area contributed by atoms with E-state index < -0.39 is 21.7 Å². The van der Waals surface area contributed by atoms with Crippen LogP contribution in [-0.4, -0.2) is 64.5 Å². The van der Waals surface area contributed by atoms with Crippen molar-refractivity contribution < 1.29 is 22.0 Å². The van der Waals surface area contributed by atoms with Crippen LogP contribution in [0.3, 0.4) is 0 Å². The van der Waals surface area contributed by atoms with E-state index in [0.29, 0.717) is 13.1 Å². The van der Waals surface area contributed by atoms with Gasteiger partial charge >= 0.3 is 0 Å². The van der Waals surface area contributed by atoms with Crippen molar-refractivity contribution >= 4 is 21.6 Å². The number of rotatable bonds is 8. The average Bonchev–Trinajstić information content (AvgIpc) is 2.74. The molecule has 2 aromatic carbocycles. The zero-order chi connectivity index (χ0) is 23.3. The molecule has 3 rings (SSSR count). The maximum atomic E-state index is 14.2. The van der Waals surface area contributed by atoms with Gasteiger partial charge in [0.05, 0.1) is 10.5 Å². The molecule has 32 heavy (non-hydrogen) atoms. The Morgan fingerprint density at radius 2 is 1.69 bits per heavy atom. The van der Waals surface area contributed by atoms with E-state index in [0.717, 1.165) is 50.1 Å². The van der Waals surface area contributed by atoms with Crippen LogP contribution in [0.15, 0.2) is 47.4 Å². The molecule has 1 amide bonds. The Balaban J connectivity index is 1.51. The van der Waals surface area contributed by atoms with Gasteiger partial charge in [0.2, 0.25) is 10.0 Å². The summed E-state index contributed by atoms with van der Waals surface area (Å²) >= 11 is 0. The van der Waals surface area contributed by atoms with Gasteiger partial charge in [0.25, 0.3) is 5.91 Å². The largest absolute Gasteiger partial charge is 0.369 e. The first kappa shape index (κ1) is 24.1. The maximum Gasteiger partial charge on any atom is 0.254 e. The Kier molecular flexibility index (Phi) is 7.81. The second kappa shape index (κ2) is 10.4. The predicted octanol–water partition coefficient (Wildman–Crippen LogP) is 2.20. The number of hydrogen-bond donors (Lipinski definition) is 2. The molecule has 1 fully saturated rings. The summed E-state index contributed by atoms with van der Waals surface area (Å²) in [5.74, 6) is -1.70. The highest BCUT2D eigenvalue weighted by Crippen LogP contribution is 2.17.